The molecule has 2 aliphatic rings. The first-order valence-corrected chi connectivity index (χ1v) is 6.96. The summed E-state index contributed by atoms with van der Waals surface area (Å²) in [6.45, 7) is 0. The summed E-state index contributed by atoms with van der Waals surface area (Å²) < 4.78 is 0. The van der Waals surface area contributed by atoms with Crippen molar-refractivity contribution in [3.8, 4) is 0 Å². The smallest absolute Gasteiger partial charge is 0.134 e. The van der Waals surface area contributed by atoms with Crippen molar-refractivity contribution in [2.24, 2.45) is 0 Å². The van der Waals surface area contributed by atoms with Gasteiger partial charge in [-0.3, -0.25) is 0 Å². The van der Waals surface area contributed by atoms with E-state index >= 15 is 0 Å². The zero-order chi connectivity index (χ0) is 11.7. The molecule has 0 amide bonds. The van der Waals surface area contributed by atoms with E-state index in [1.807, 2.05) is 7.05 Å². The number of nitrogens with zero attached hydrogens (tertiary/aromatic N) is 2. The van der Waals surface area contributed by atoms with Gasteiger partial charge in [-0.15, -0.1) is 0 Å². The molecule has 1 N–H and O–H groups in total. The van der Waals surface area contributed by atoms with Crippen molar-refractivity contribution in [2.75, 3.05) is 12.4 Å². The first-order chi connectivity index (χ1) is 8.38. The lowest BCUT2D eigenvalue weighted by molar-refractivity contribution is 0.400. The number of hydrogen-bond donors (Lipinski definition) is 1. The molecule has 2 aliphatic carbocycles. The molecule has 1 aromatic rings. The van der Waals surface area contributed by atoms with E-state index in [0.29, 0.717) is 5.92 Å². The van der Waals surface area contributed by atoms with E-state index in [1.165, 1.54) is 49.8 Å². The zero-order valence-electron chi connectivity index (χ0n) is 10.6. The highest BCUT2D eigenvalue weighted by Crippen LogP contribution is 2.36. The summed E-state index contributed by atoms with van der Waals surface area (Å²) in [5, 5.41) is 3.28. The number of aromatic nitrogens is 2. The molecule has 0 radical (unpaired) electrons. The van der Waals surface area contributed by atoms with Crippen molar-refractivity contribution in [3.63, 3.8) is 0 Å². The van der Waals surface area contributed by atoms with Gasteiger partial charge in [0.1, 0.15) is 11.6 Å². The Morgan fingerprint density at radius 3 is 2.53 bits per heavy atom. The molecular formula is C14H21N3. The summed E-state index contributed by atoms with van der Waals surface area (Å²) in [7, 11) is 1.98. The molecule has 0 aromatic carbocycles. The predicted octanol–water partition coefficient (Wildman–Crippen LogP) is 3.05. The van der Waals surface area contributed by atoms with Gasteiger partial charge in [0.15, 0.2) is 0 Å². The van der Waals surface area contributed by atoms with Gasteiger partial charge >= 0.3 is 0 Å². The average molecular weight is 231 g/mol. The van der Waals surface area contributed by atoms with Crippen LogP contribution in [0, 0.1) is 0 Å². The molecule has 0 spiro atoms. The maximum absolute atomic E-state index is 4.85. The second-order valence-corrected chi connectivity index (χ2v) is 5.29. The Kier molecular flexibility index (Phi) is 3.00. The molecule has 3 nitrogen and oxygen atoms in total. The van der Waals surface area contributed by atoms with Gasteiger partial charge in [-0.2, -0.15) is 0 Å². The summed E-state index contributed by atoms with van der Waals surface area (Å²) in [6, 6.07) is 0. The molecule has 1 aromatic heterocycles. The highest BCUT2D eigenvalue weighted by molar-refractivity contribution is 5.47. The van der Waals surface area contributed by atoms with Crippen LogP contribution >= 0.6 is 0 Å². The van der Waals surface area contributed by atoms with E-state index in [4.69, 9.17) is 9.97 Å². The topological polar surface area (TPSA) is 37.8 Å². The number of anilines is 1. The number of nitrogens with one attached hydrogen (secondary N) is 1. The van der Waals surface area contributed by atoms with Crippen molar-refractivity contribution in [2.45, 2.75) is 57.3 Å². The molecule has 0 bridgehead atoms. The van der Waals surface area contributed by atoms with Crippen LogP contribution in [-0.4, -0.2) is 17.0 Å². The Morgan fingerprint density at radius 1 is 1.00 bits per heavy atom. The lowest BCUT2D eigenvalue weighted by atomic mass is 9.84. The Bertz CT molecular complexity index is 410. The average Bonchev–Trinajstić information content (AvgIpc) is 2.50. The Morgan fingerprint density at radius 2 is 1.82 bits per heavy atom. The SMILES string of the molecule is CNc1nc(C2CCC2)nc2c1CCCCC2. The van der Waals surface area contributed by atoms with Gasteiger partial charge in [-0.25, -0.2) is 9.97 Å². The van der Waals surface area contributed by atoms with Crippen molar-refractivity contribution < 1.29 is 0 Å². The molecule has 3 heteroatoms. The second kappa shape index (κ2) is 4.63. The Balaban J connectivity index is 2.00. The van der Waals surface area contributed by atoms with E-state index in [9.17, 15) is 0 Å². The Labute approximate surface area is 103 Å². The van der Waals surface area contributed by atoms with Crippen LogP contribution < -0.4 is 5.32 Å². The fraction of sp³-hybridized carbons (Fsp3) is 0.714. The van der Waals surface area contributed by atoms with Crippen LogP contribution in [0.25, 0.3) is 0 Å². The van der Waals surface area contributed by atoms with Crippen LogP contribution in [0.2, 0.25) is 0 Å². The van der Waals surface area contributed by atoms with Gasteiger partial charge in [0.25, 0.3) is 0 Å². The quantitative estimate of drug-likeness (QED) is 0.795. The highest BCUT2D eigenvalue weighted by Gasteiger charge is 2.25. The minimum absolute atomic E-state index is 0.635. The zero-order valence-corrected chi connectivity index (χ0v) is 10.6. The van der Waals surface area contributed by atoms with Crippen LogP contribution in [0.15, 0.2) is 0 Å². The van der Waals surface area contributed by atoms with Gasteiger partial charge in [0.05, 0.1) is 0 Å². The van der Waals surface area contributed by atoms with Crippen molar-refractivity contribution in [1.82, 2.24) is 9.97 Å². The minimum atomic E-state index is 0.635. The summed E-state index contributed by atoms with van der Waals surface area (Å²) in [4.78, 5) is 9.60. The van der Waals surface area contributed by atoms with E-state index in [1.54, 1.807) is 0 Å². The number of rotatable bonds is 2. The normalized spacial score (nSPS) is 20.3. The molecule has 1 heterocycles. The van der Waals surface area contributed by atoms with Crippen molar-refractivity contribution >= 4 is 5.82 Å². The molecule has 1 fully saturated rings. The van der Waals surface area contributed by atoms with Gasteiger partial charge < -0.3 is 5.32 Å². The molecule has 0 atom stereocenters. The fourth-order valence-corrected chi connectivity index (χ4v) is 2.85. The van der Waals surface area contributed by atoms with Crippen LogP contribution in [0.5, 0.6) is 0 Å². The molecule has 3 rings (SSSR count). The first-order valence-electron chi connectivity index (χ1n) is 6.96. The van der Waals surface area contributed by atoms with E-state index in [-0.39, 0.29) is 0 Å². The van der Waals surface area contributed by atoms with E-state index in [2.05, 4.69) is 5.32 Å². The molecule has 0 saturated heterocycles. The molecule has 0 unspecified atom stereocenters. The minimum Gasteiger partial charge on any atom is -0.373 e. The summed E-state index contributed by atoms with van der Waals surface area (Å²) in [5.74, 6) is 2.83. The van der Waals surface area contributed by atoms with Crippen LogP contribution in [0.4, 0.5) is 5.82 Å². The third-order valence-electron chi connectivity index (χ3n) is 4.16. The Hall–Kier alpha value is -1.12. The maximum atomic E-state index is 4.85. The maximum Gasteiger partial charge on any atom is 0.134 e. The number of aryl methyl sites for hydroxylation is 1. The van der Waals surface area contributed by atoms with Crippen LogP contribution in [0.1, 0.15) is 61.5 Å². The first kappa shape index (κ1) is 11.0. The van der Waals surface area contributed by atoms with Crippen LogP contribution in [-0.2, 0) is 12.8 Å². The largest absolute Gasteiger partial charge is 0.373 e. The lowest BCUT2D eigenvalue weighted by Crippen LogP contribution is -2.16. The van der Waals surface area contributed by atoms with Gasteiger partial charge in [0.2, 0.25) is 0 Å². The summed E-state index contributed by atoms with van der Waals surface area (Å²) >= 11 is 0. The summed E-state index contributed by atoms with van der Waals surface area (Å²) in [6.07, 6.45) is 10.1. The van der Waals surface area contributed by atoms with E-state index in [0.717, 1.165) is 24.5 Å². The second-order valence-electron chi connectivity index (χ2n) is 5.29. The van der Waals surface area contributed by atoms with Crippen molar-refractivity contribution in [3.05, 3.63) is 17.1 Å². The standard InChI is InChI=1S/C14H21N3/c1-15-14-11-8-3-2-4-9-12(11)16-13(17-14)10-6-5-7-10/h10H,2-9H2,1H3,(H,15,16,17). The molecule has 0 aliphatic heterocycles. The van der Waals surface area contributed by atoms with E-state index < -0.39 is 0 Å². The van der Waals surface area contributed by atoms with Gasteiger partial charge in [0, 0.05) is 24.2 Å². The highest BCUT2D eigenvalue weighted by atomic mass is 15.0. The monoisotopic (exact) mass is 231 g/mol. The summed E-state index contributed by atoms with van der Waals surface area (Å²) in [5.41, 5.74) is 2.71. The molecular weight excluding hydrogens is 210 g/mol. The molecule has 1 saturated carbocycles. The third kappa shape index (κ3) is 2.03. The number of hydrogen-bond acceptors (Lipinski definition) is 3. The number of fused-ring (bicyclic) bond motifs is 1. The third-order valence-corrected chi connectivity index (χ3v) is 4.16. The van der Waals surface area contributed by atoms with Crippen molar-refractivity contribution in [1.29, 1.82) is 0 Å². The molecule has 17 heavy (non-hydrogen) atoms. The van der Waals surface area contributed by atoms with Crippen LogP contribution in [0.3, 0.4) is 0 Å². The van der Waals surface area contributed by atoms with Gasteiger partial charge in [-0.1, -0.05) is 12.8 Å². The fourth-order valence-electron chi connectivity index (χ4n) is 2.85. The lowest BCUT2D eigenvalue weighted by Gasteiger charge is -2.25. The predicted molar refractivity (Wildman–Crippen MR) is 69.4 cm³/mol. The van der Waals surface area contributed by atoms with Gasteiger partial charge in [-0.05, 0) is 38.5 Å². The molecule has 92 valence electrons.